The summed E-state index contributed by atoms with van der Waals surface area (Å²) in [5.41, 5.74) is -1.82. The second-order valence-corrected chi connectivity index (χ2v) is 8.15. The van der Waals surface area contributed by atoms with Gasteiger partial charge < -0.3 is 19.5 Å². The summed E-state index contributed by atoms with van der Waals surface area (Å²) in [6.07, 6.45) is -5.21. The summed E-state index contributed by atoms with van der Waals surface area (Å²) in [5, 5.41) is 4.73. The summed E-state index contributed by atoms with van der Waals surface area (Å²) in [6.45, 7) is 0.855. The largest absolute Gasteiger partial charge is 0.573 e. The number of ether oxygens (including phenoxy) is 3. The molecule has 12 heteroatoms. The molecule has 0 radical (unpaired) electrons. The molecule has 0 atom stereocenters. The first-order valence-corrected chi connectivity index (χ1v) is 10.9. The van der Waals surface area contributed by atoms with E-state index >= 15 is 4.39 Å². The van der Waals surface area contributed by atoms with Crippen LogP contribution < -0.4 is 24.8 Å². The third-order valence-electron chi connectivity index (χ3n) is 5.66. The smallest absolute Gasteiger partial charge is 0.486 e. The number of carbonyl (C=O) groups excluding carboxylic acids is 2. The molecule has 2 N–H and O–H groups in total. The summed E-state index contributed by atoms with van der Waals surface area (Å²) in [4.78, 5) is 26.1. The molecule has 2 aliphatic heterocycles. The van der Waals surface area contributed by atoms with Crippen molar-refractivity contribution in [3.63, 3.8) is 0 Å². The highest BCUT2D eigenvalue weighted by molar-refractivity contribution is 6.01. The molecule has 4 rings (SSSR count). The molecule has 3 amide bonds. The Morgan fingerprint density at radius 1 is 1.03 bits per heavy atom. The molecule has 2 aromatic rings. The Bertz CT molecular complexity index is 1090. The Labute approximate surface area is 198 Å². The summed E-state index contributed by atoms with van der Waals surface area (Å²) in [7, 11) is 0. The minimum atomic E-state index is -4.94. The van der Waals surface area contributed by atoms with Gasteiger partial charge in [0.2, 0.25) is 5.91 Å². The van der Waals surface area contributed by atoms with E-state index in [1.165, 1.54) is 18.2 Å². The number of fused-ring (bicyclic) bond motifs is 1. The fourth-order valence-electron chi connectivity index (χ4n) is 4.04. The molecule has 1 fully saturated rings. The molecule has 0 saturated carbocycles. The minimum Gasteiger partial charge on any atom is -0.486 e. The van der Waals surface area contributed by atoms with Crippen LogP contribution in [0.4, 0.5) is 28.0 Å². The van der Waals surface area contributed by atoms with Crippen LogP contribution in [-0.2, 0) is 10.5 Å². The normalized spacial score (nSPS) is 17.4. The molecular weight excluding hydrogens is 474 g/mol. The number of likely N-dealkylation sites (tertiary alicyclic amines) is 1. The maximum absolute atomic E-state index is 15.6. The van der Waals surface area contributed by atoms with E-state index in [1.54, 1.807) is 23.1 Å². The fourth-order valence-corrected chi connectivity index (χ4v) is 4.04. The molecule has 8 nitrogen and oxygen atoms in total. The first-order valence-electron chi connectivity index (χ1n) is 10.9. The van der Waals surface area contributed by atoms with Crippen molar-refractivity contribution >= 4 is 17.6 Å². The molecule has 35 heavy (non-hydrogen) atoms. The molecule has 0 aliphatic carbocycles. The predicted molar refractivity (Wildman–Crippen MR) is 116 cm³/mol. The summed E-state index contributed by atoms with van der Waals surface area (Å²) >= 11 is 0. The number of urea groups is 1. The first-order chi connectivity index (χ1) is 16.6. The zero-order chi connectivity index (χ0) is 25.1. The minimum absolute atomic E-state index is 0.105. The van der Waals surface area contributed by atoms with E-state index < -0.39 is 29.7 Å². The molecule has 0 spiro atoms. The number of anilines is 1. The van der Waals surface area contributed by atoms with Gasteiger partial charge in [-0.15, -0.1) is 13.2 Å². The zero-order valence-electron chi connectivity index (χ0n) is 18.5. The van der Waals surface area contributed by atoms with E-state index in [-0.39, 0.29) is 38.0 Å². The van der Waals surface area contributed by atoms with E-state index in [9.17, 15) is 22.8 Å². The lowest BCUT2D eigenvalue weighted by Crippen LogP contribution is -2.46. The van der Waals surface area contributed by atoms with Gasteiger partial charge in [-0.2, -0.15) is 0 Å². The van der Waals surface area contributed by atoms with E-state index in [2.05, 4.69) is 15.4 Å². The maximum Gasteiger partial charge on any atom is 0.573 e. The van der Waals surface area contributed by atoms with Crippen molar-refractivity contribution < 1.29 is 41.4 Å². The Hall–Kier alpha value is -3.54. The third kappa shape index (κ3) is 6.32. The van der Waals surface area contributed by atoms with Gasteiger partial charge in [0.25, 0.3) is 0 Å². The zero-order valence-corrected chi connectivity index (χ0v) is 18.5. The van der Waals surface area contributed by atoms with Gasteiger partial charge in [-0.05, 0) is 31.0 Å². The summed E-state index contributed by atoms with van der Waals surface area (Å²) in [6, 6.07) is 9.19. The second-order valence-electron chi connectivity index (χ2n) is 8.15. The average molecular weight is 497 g/mol. The molecule has 2 heterocycles. The Morgan fingerprint density at radius 3 is 2.43 bits per heavy atom. The molecule has 188 valence electrons. The highest BCUT2D eigenvalue weighted by atomic mass is 19.4. The molecular formula is C23H23F4N3O5. The number of alkyl halides is 4. The molecule has 0 aromatic heterocycles. The van der Waals surface area contributed by atoms with Crippen LogP contribution in [0.25, 0.3) is 0 Å². The number of carbonyl (C=O) groups is 2. The van der Waals surface area contributed by atoms with E-state index in [1.807, 2.05) is 0 Å². The van der Waals surface area contributed by atoms with Crippen LogP contribution in [0.2, 0.25) is 0 Å². The number of hydrogen-bond donors (Lipinski definition) is 2. The van der Waals surface area contributed by atoms with Gasteiger partial charge in [0.15, 0.2) is 11.5 Å². The number of rotatable bonds is 5. The highest BCUT2D eigenvalue weighted by Crippen LogP contribution is 2.42. The number of halogens is 4. The highest BCUT2D eigenvalue weighted by Gasteiger charge is 2.41. The van der Waals surface area contributed by atoms with Crippen molar-refractivity contribution in [3.05, 3.63) is 48.0 Å². The number of nitrogens with one attached hydrogen (secondary N) is 2. The van der Waals surface area contributed by atoms with Crippen LogP contribution in [0, 0.1) is 0 Å². The van der Waals surface area contributed by atoms with Crippen molar-refractivity contribution in [2.24, 2.45) is 0 Å². The van der Waals surface area contributed by atoms with Crippen molar-refractivity contribution in [1.82, 2.24) is 10.2 Å². The molecule has 0 unspecified atom stereocenters. The first kappa shape index (κ1) is 24.6. The number of amides is 3. The van der Waals surface area contributed by atoms with Crippen LogP contribution in [0.1, 0.15) is 18.4 Å². The number of para-hydroxylation sites is 1. The number of benzene rings is 2. The van der Waals surface area contributed by atoms with Crippen molar-refractivity contribution in [2.45, 2.75) is 24.9 Å². The summed E-state index contributed by atoms with van der Waals surface area (Å²) < 4.78 is 68.5. The van der Waals surface area contributed by atoms with E-state index in [0.717, 1.165) is 6.07 Å². The summed E-state index contributed by atoms with van der Waals surface area (Å²) in [5.74, 6) is -0.151. The van der Waals surface area contributed by atoms with Gasteiger partial charge in [0.1, 0.15) is 24.6 Å². The number of piperidine rings is 1. The number of imide groups is 1. The van der Waals surface area contributed by atoms with Crippen molar-refractivity contribution in [1.29, 1.82) is 0 Å². The topological polar surface area (TPSA) is 89.1 Å². The van der Waals surface area contributed by atoms with Crippen molar-refractivity contribution in [3.8, 4) is 17.2 Å². The van der Waals surface area contributed by atoms with Crippen molar-refractivity contribution in [2.75, 3.05) is 38.2 Å². The quantitative estimate of drug-likeness (QED) is 0.608. The Kier molecular flexibility index (Phi) is 7.01. The molecule has 2 aromatic carbocycles. The monoisotopic (exact) mass is 497 g/mol. The van der Waals surface area contributed by atoms with Crippen LogP contribution in [0.5, 0.6) is 17.2 Å². The molecule has 1 saturated heterocycles. The Morgan fingerprint density at radius 2 is 1.71 bits per heavy atom. The van der Waals surface area contributed by atoms with Crippen LogP contribution >= 0.6 is 0 Å². The molecule has 0 bridgehead atoms. The maximum atomic E-state index is 15.6. The van der Waals surface area contributed by atoms with E-state index in [4.69, 9.17) is 9.47 Å². The number of hydrogen-bond acceptors (Lipinski definition) is 6. The number of nitrogens with zero attached hydrogens (tertiary/aromatic N) is 1. The van der Waals surface area contributed by atoms with Crippen LogP contribution in [0.3, 0.4) is 0 Å². The van der Waals surface area contributed by atoms with Gasteiger partial charge >= 0.3 is 12.4 Å². The van der Waals surface area contributed by atoms with Gasteiger partial charge in [-0.25, -0.2) is 9.18 Å². The lowest BCUT2D eigenvalue weighted by molar-refractivity contribution is -0.275. The van der Waals surface area contributed by atoms with Crippen LogP contribution in [-0.4, -0.2) is 56.0 Å². The standard InChI is InChI=1S/C23H23F4N3O5/c24-22(16-3-1-2-4-17(16)35-23(25,26)27)7-9-30(10-8-22)14-20(31)29-21(32)28-15-5-6-18-19(13-15)34-12-11-33-18/h1-6,13H,7-12,14H2,(H2,28,29,31,32). The fraction of sp³-hybridized carbons (Fsp3) is 0.391. The van der Waals surface area contributed by atoms with Gasteiger partial charge in [-0.1, -0.05) is 18.2 Å². The van der Waals surface area contributed by atoms with Gasteiger partial charge in [0.05, 0.1) is 6.54 Å². The lowest BCUT2D eigenvalue weighted by atomic mass is 9.85. The third-order valence-corrected chi connectivity index (χ3v) is 5.66. The average Bonchev–Trinajstić information content (AvgIpc) is 2.80. The SMILES string of the molecule is O=C(CN1CCC(F)(c2ccccc2OC(F)(F)F)CC1)NC(=O)Nc1ccc2c(c1)OCCO2. The van der Waals surface area contributed by atoms with E-state index in [0.29, 0.717) is 30.4 Å². The second kappa shape index (κ2) is 9.98. The van der Waals surface area contributed by atoms with Gasteiger partial charge in [0, 0.05) is 30.4 Å². The lowest BCUT2D eigenvalue weighted by Gasteiger charge is -2.37. The van der Waals surface area contributed by atoms with Gasteiger partial charge in [-0.3, -0.25) is 15.0 Å². The molecule has 2 aliphatic rings. The Balaban J connectivity index is 1.28. The predicted octanol–water partition coefficient (Wildman–Crippen LogP) is 3.97. The van der Waals surface area contributed by atoms with Crippen LogP contribution in [0.15, 0.2) is 42.5 Å².